The highest BCUT2D eigenvalue weighted by molar-refractivity contribution is 5.85. The lowest BCUT2D eigenvalue weighted by Gasteiger charge is -2.42. The van der Waals surface area contributed by atoms with Gasteiger partial charge < -0.3 is 4.90 Å². The molecule has 2 heterocycles. The summed E-state index contributed by atoms with van der Waals surface area (Å²) in [6.45, 7) is 1.69. The first-order chi connectivity index (χ1) is 11.8. The summed E-state index contributed by atoms with van der Waals surface area (Å²) in [5, 5.41) is 0. The summed E-state index contributed by atoms with van der Waals surface area (Å²) in [6, 6.07) is 14.5. The normalized spacial score (nSPS) is 19.9. The number of carbonyl (C=O) groups is 1. The van der Waals surface area contributed by atoms with Gasteiger partial charge in [0.2, 0.25) is 5.91 Å². The molecule has 1 aromatic carbocycles. The van der Waals surface area contributed by atoms with E-state index in [0.29, 0.717) is 17.7 Å². The molecule has 1 aliphatic heterocycles. The SMILES string of the molecule is O=C([C@@H](c1ccccc1)C1CCCC1)N1CC(c2ccncc2)C1. The van der Waals surface area contributed by atoms with Gasteiger partial charge in [-0.15, -0.1) is 0 Å². The number of nitrogens with zero attached hydrogens (tertiary/aromatic N) is 2. The zero-order valence-electron chi connectivity index (χ0n) is 14.0. The van der Waals surface area contributed by atoms with Crippen LogP contribution in [-0.2, 0) is 4.79 Å². The molecular formula is C21H24N2O. The fourth-order valence-corrected chi connectivity index (χ4v) is 4.27. The third-order valence-electron chi connectivity index (χ3n) is 5.67. The average Bonchev–Trinajstić information content (AvgIpc) is 3.10. The van der Waals surface area contributed by atoms with Crippen molar-refractivity contribution in [2.24, 2.45) is 5.92 Å². The van der Waals surface area contributed by atoms with Gasteiger partial charge in [-0.25, -0.2) is 0 Å². The summed E-state index contributed by atoms with van der Waals surface area (Å²) in [5.74, 6) is 1.36. The first kappa shape index (κ1) is 15.4. The van der Waals surface area contributed by atoms with Crippen molar-refractivity contribution < 1.29 is 4.79 Å². The molecule has 0 bridgehead atoms. The van der Waals surface area contributed by atoms with E-state index in [4.69, 9.17) is 0 Å². The van der Waals surface area contributed by atoms with Gasteiger partial charge in [-0.2, -0.15) is 0 Å². The van der Waals surface area contributed by atoms with Crippen LogP contribution in [0.5, 0.6) is 0 Å². The van der Waals surface area contributed by atoms with E-state index in [1.165, 1.54) is 36.8 Å². The Hall–Kier alpha value is -2.16. The minimum Gasteiger partial charge on any atom is -0.341 e. The topological polar surface area (TPSA) is 33.2 Å². The van der Waals surface area contributed by atoms with E-state index in [0.717, 1.165) is 13.1 Å². The standard InChI is InChI=1S/C21H24N2O/c24-21(23-14-19(15-23)16-10-12-22-13-11-16)20(18-8-4-5-9-18)17-6-2-1-3-7-17/h1-3,6-7,10-13,18-20H,4-5,8-9,14-15H2/t20-/m0/s1. The molecule has 0 N–H and O–H groups in total. The summed E-state index contributed by atoms with van der Waals surface area (Å²) >= 11 is 0. The lowest BCUT2D eigenvalue weighted by atomic mass is 9.81. The van der Waals surface area contributed by atoms with Gasteiger partial charge in [0.1, 0.15) is 0 Å². The van der Waals surface area contributed by atoms with Crippen LogP contribution in [0.25, 0.3) is 0 Å². The highest BCUT2D eigenvalue weighted by Gasteiger charge is 2.39. The van der Waals surface area contributed by atoms with Crippen LogP contribution in [0.1, 0.15) is 48.6 Å². The van der Waals surface area contributed by atoms with Gasteiger partial charge in [0.05, 0.1) is 5.92 Å². The molecule has 1 saturated carbocycles. The molecule has 3 nitrogen and oxygen atoms in total. The quantitative estimate of drug-likeness (QED) is 0.853. The second-order valence-corrected chi connectivity index (χ2v) is 7.15. The Morgan fingerprint density at radius 2 is 1.67 bits per heavy atom. The number of amides is 1. The van der Waals surface area contributed by atoms with Gasteiger partial charge in [0, 0.05) is 31.4 Å². The molecule has 124 valence electrons. The molecule has 1 atom stereocenters. The Kier molecular flexibility index (Phi) is 4.33. The van der Waals surface area contributed by atoms with Gasteiger partial charge in [0.15, 0.2) is 0 Å². The lowest BCUT2D eigenvalue weighted by molar-refractivity contribution is -0.138. The number of aromatic nitrogens is 1. The number of hydrogen-bond donors (Lipinski definition) is 0. The number of likely N-dealkylation sites (tertiary alicyclic amines) is 1. The van der Waals surface area contributed by atoms with E-state index in [2.05, 4.69) is 46.3 Å². The Bertz CT molecular complexity index is 673. The Balaban J connectivity index is 1.49. The smallest absolute Gasteiger partial charge is 0.230 e. The van der Waals surface area contributed by atoms with Gasteiger partial charge in [-0.1, -0.05) is 43.2 Å². The van der Waals surface area contributed by atoms with Crippen molar-refractivity contribution in [3.63, 3.8) is 0 Å². The largest absolute Gasteiger partial charge is 0.341 e. The molecule has 2 fully saturated rings. The Labute approximate surface area is 143 Å². The van der Waals surface area contributed by atoms with E-state index in [1.807, 2.05) is 18.5 Å². The first-order valence-corrected chi connectivity index (χ1v) is 9.06. The molecule has 3 heteroatoms. The van der Waals surface area contributed by atoms with E-state index < -0.39 is 0 Å². The zero-order valence-corrected chi connectivity index (χ0v) is 14.0. The van der Waals surface area contributed by atoms with Crippen molar-refractivity contribution >= 4 is 5.91 Å². The molecule has 1 aromatic heterocycles. The second-order valence-electron chi connectivity index (χ2n) is 7.15. The minimum atomic E-state index is 0.0482. The number of hydrogen-bond acceptors (Lipinski definition) is 2. The summed E-state index contributed by atoms with van der Waals surface area (Å²) in [5.41, 5.74) is 2.49. The predicted molar refractivity (Wildman–Crippen MR) is 94.7 cm³/mol. The van der Waals surface area contributed by atoms with E-state index in [9.17, 15) is 4.79 Å². The molecule has 2 aliphatic rings. The molecule has 4 rings (SSSR count). The fraction of sp³-hybridized carbons (Fsp3) is 0.429. The van der Waals surface area contributed by atoms with Crippen molar-refractivity contribution in [1.29, 1.82) is 0 Å². The summed E-state index contributed by atoms with van der Waals surface area (Å²) in [7, 11) is 0. The number of rotatable bonds is 4. The van der Waals surface area contributed by atoms with Crippen LogP contribution in [0.2, 0.25) is 0 Å². The van der Waals surface area contributed by atoms with Crippen molar-refractivity contribution in [1.82, 2.24) is 9.88 Å². The monoisotopic (exact) mass is 320 g/mol. The van der Waals surface area contributed by atoms with E-state index in [1.54, 1.807) is 0 Å². The summed E-state index contributed by atoms with van der Waals surface area (Å²) in [6.07, 6.45) is 8.58. The molecular weight excluding hydrogens is 296 g/mol. The molecule has 24 heavy (non-hydrogen) atoms. The average molecular weight is 320 g/mol. The molecule has 0 radical (unpaired) electrons. The highest BCUT2D eigenvalue weighted by atomic mass is 16.2. The first-order valence-electron chi connectivity index (χ1n) is 9.06. The van der Waals surface area contributed by atoms with Gasteiger partial charge in [-0.05, 0) is 42.0 Å². The van der Waals surface area contributed by atoms with Gasteiger partial charge in [-0.3, -0.25) is 9.78 Å². The zero-order chi connectivity index (χ0) is 16.4. The van der Waals surface area contributed by atoms with Crippen LogP contribution in [0, 0.1) is 5.92 Å². The number of carbonyl (C=O) groups excluding carboxylic acids is 1. The molecule has 1 saturated heterocycles. The van der Waals surface area contributed by atoms with Crippen molar-refractivity contribution in [3.05, 3.63) is 66.0 Å². The third-order valence-corrected chi connectivity index (χ3v) is 5.67. The lowest BCUT2D eigenvalue weighted by Crippen LogP contribution is -2.51. The van der Waals surface area contributed by atoms with E-state index in [-0.39, 0.29) is 5.92 Å². The molecule has 1 aliphatic carbocycles. The minimum absolute atomic E-state index is 0.0482. The summed E-state index contributed by atoms with van der Waals surface area (Å²) in [4.78, 5) is 19.3. The van der Waals surface area contributed by atoms with Crippen LogP contribution in [0.4, 0.5) is 0 Å². The maximum absolute atomic E-state index is 13.2. The molecule has 0 spiro atoms. The predicted octanol–water partition coefficient (Wildman–Crippen LogP) is 3.98. The summed E-state index contributed by atoms with van der Waals surface area (Å²) < 4.78 is 0. The molecule has 1 amide bonds. The van der Waals surface area contributed by atoms with Crippen LogP contribution in [-0.4, -0.2) is 28.9 Å². The van der Waals surface area contributed by atoms with E-state index >= 15 is 0 Å². The van der Waals surface area contributed by atoms with Gasteiger partial charge in [0.25, 0.3) is 0 Å². The number of pyridine rings is 1. The highest BCUT2D eigenvalue weighted by Crippen LogP contribution is 2.40. The van der Waals surface area contributed by atoms with Gasteiger partial charge >= 0.3 is 0 Å². The number of benzene rings is 1. The Morgan fingerprint density at radius 3 is 2.33 bits per heavy atom. The Morgan fingerprint density at radius 1 is 1.00 bits per heavy atom. The molecule has 0 unspecified atom stereocenters. The molecule has 2 aromatic rings. The second kappa shape index (κ2) is 6.76. The van der Waals surface area contributed by atoms with Crippen LogP contribution < -0.4 is 0 Å². The maximum atomic E-state index is 13.2. The van der Waals surface area contributed by atoms with Crippen LogP contribution in [0.15, 0.2) is 54.9 Å². The van der Waals surface area contributed by atoms with Crippen LogP contribution >= 0.6 is 0 Å². The third kappa shape index (κ3) is 2.95. The van der Waals surface area contributed by atoms with Crippen molar-refractivity contribution in [2.45, 2.75) is 37.5 Å². The van der Waals surface area contributed by atoms with Crippen molar-refractivity contribution in [3.8, 4) is 0 Å². The van der Waals surface area contributed by atoms with Crippen LogP contribution in [0.3, 0.4) is 0 Å². The van der Waals surface area contributed by atoms with Crippen molar-refractivity contribution in [2.75, 3.05) is 13.1 Å². The maximum Gasteiger partial charge on any atom is 0.230 e. The fourth-order valence-electron chi connectivity index (χ4n) is 4.27.